The van der Waals surface area contributed by atoms with Gasteiger partial charge in [0, 0.05) is 12.0 Å². The Balaban J connectivity index is 1.99. The van der Waals surface area contributed by atoms with Crippen molar-refractivity contribution in [2.24, 2.45) is 0 Å². The smallest absolute Gasteiger partial charge is 0.285 e. The highest BCUT2D eigenvalue weighted by Crippen LogP contribution is 2.36. The molecule has 3 amide bonds. The van der Waals surface area contributed by atoms with Gasteiger partial charge >= 0.3 is 0 Å². The van der Waals surface area contributed by atoms with Gasteiger partial charge in [-0.1, -0.05) is 12.1 Å². The fraction of sp³-hybridized carbons (Fsp3) is 0.357. The number of nitrogens with one attached hydrogen (secondary N) is 1. The van der Waals surface area contributed by atoms with Gasteiger partial charge in [0.2, 0.25) is 0 Å². The van der Waals surface area contributed by atoms with Gasteiger partial charge in [0.05, 0.1) is 6.54 Å². The number of aliphatic hydroxyl groups is 1. The van der Waals surface area contributed by atoms with Gasteiger partial charge in [-0.2, -0.15) is 0 Å². The number of carbonyl (C=O) groups excluding carboxylic acids is 3. The molecule has 110 valence electrons. The van der Waals surface area contributed by atoms with Crippen molar-refractivity contribution in [1.82, 2.24) is 10.2 Å². The van der Waals surface area contributed by atoms with Crippen molar-refractivity contribution in [2.75, 3.05) is 0 Å². The molecule has 1 aromatic carbocycles. The molecule has 2 aliphatic heterocycles. The number of piperidine rings is 1. The lowest BCUT2D eigenvalue weighted by atomic mass is 9.99. The van der Waals surface area contributed by atoms with Crippen LogP contribution in [0.2, 0.25) is 0 Å². The molecule has 21 heavy (non-hydrogen) atoms. The topological polar surface area (TPSA) is 86.7 Å². The van der Waals surface area contributed by atoms with Gasteiger partial charge in [0.1, 0.15) is 6.10 Å². The third-order valence-electron chi connectivity index (χ3n) is 3.98. The number of benzene rings is 1. The molecule has 0 aliphatic carbocycles. The van der Waals surface area contributed by atoms with Crippen LogP contribution in [0.15, 0.2) is 18.2 Å². The van der Waals surface area contributed by atoms with Gasteiger partial charge in [0.15, 0.2) is 0 Å². The molecule has 2 unspecified atom stereocenters. The average Bonchev–Trinajstić information content (AvgIpc) is 2.77. The molecular formula is C14H13FN2O4. The quantitative estimate of drug-likeness (QED) is 0.564. The van der Waals surface area contributed by atoms with Crippen LogP contribution in [0, 0.1) is 6.92 Å². The number of imide groups is 1. The largest absolute Gasteiger partial charge is 0.383 e. The van der Waals surface area contributed by atoms with E-state index < -0.39 is 36.0 Å². The summed E-state index contributed by atoms with van der Waals surface area (Å²) in [6, 6.07) is 5.04. The molecular weight excluding hydrogens is 279 g/mol. The van der Waals surface area contributed by atoms with Crippen LogP contribution in [-0.2, 0) is 16.1 Å². The normalized spacial score (nSPS) is 28.6. The highest BCUT2D eigenvalue weighted by atomic mass is 19.1. The van der Waals surface area contributed by atoms with Crippen LogP contribution >= 0.6 is 0 Å². The SMILES string of the molecule is Cc1cccc2c1CN(C1(F)CC(O)C(=O)NC1=O)C2=O. The molecule has 0 saturated carbocycles. The Labute approximate surface area is 119 Å². The molecule has 2 N–H and O–H groups in total. The van der Waals surface area contributed by atoms with Crippen LogP contribution in [0.3, 0.4) is 0 Å². The van der Waals surface area contributed by atoms with E-state index in [1.54, 1.807) is 30.4 Å². The lowest BCUT2D eigenvalue weighted by Gasteiger charge is -2.37. The lowest BCUT2D eigenvalue weighted by Crippen LogP contribution is -2.64. The molecule has 6 nitrogen and oxygen atoms in total. The number of alkyl halides is 1. The van der Waals surface area contributed by atoms with Gasteiger partial charge in [-0.15, -0.1) is 0 Å². The fourth-order valence-corrected chi connectivity index (χ4v) is 2.74. The monoisotopic (exact) mass is 292 g/mol. The zero-order chi connectivity index (χ0) is 15.4. The number of hydrogen-bond donors (Lipinski definition) is 2. The molecule has 1 saturated heterocycles. The number of amides is 3. The summed E-state index contributed by atoms with van der Waals surface area (Å²) in [5.74, 6) is -5.51. The van der Waals surface area contributed by atoms with Crippen LogP contribution in [0.4, 0.5) is 4.39 Å². The maximum atomic E-state index is 15.0. The third kappa shape index (κ3) is 1.84. The Morgan fingerprint density at radius 3 is 2.76 bits per heavy atom. The Bertz CT molecular complexity index is 675. The fourth-order valence-electron chi connectivity index (χ4n) is 2.74. The number of rotatable bonds is 1. The van der Waals surface area contributed by atoms with Crippen molar-refractivity contribution in [3.8, 4) is 0 Å². The van der Waals surface area contributed by atoms with Gasteiger partial charge in [0.25, 0.3) is 23.5 Å². The summed E-state index contributed by atoms with van der Waals surface area (Å²) >= 11 is 0. The molecule has 3 rings (SSSR count). The van der Waals surface area contributed by atoms with E-state index in [2.05, 4.69) is 0 Å². The van der Waals surface area contributed by atoms with Crippen LogP contribution in [0.25, 0.3) is 0 Å². The van der Waals surface area contributed by atoms with E-state index in [9.17, 15) is 19.5 Å². The van der Waals surface area contributed by atoms with Crippen molar-refractivity contribution in [1.29, 1.82) is 0 Å². The molecule has 0 bridgehead atoms. The van der Waals surface area contributed by atoms with Crippen LogP contribution in [0.1, 0.15) is 27.9 Å². The first-order chi connectivity index (χ1) is 9.84. The van der Waals surface area contributed by atoms with Crippen molar-refractivity contribution in [3.05, 3.63) is 34.9 Å². The van der Waals surface area contributed by atoms with Gasteiger partial charge < -0.3 is 5.11 Å². The lowest BCUT2D eigenvalue weighted by molar-refractivity contribution is -0.163. The summed E-state index contributed by atoms with van der Waals surface area (Å²) in [5, 5.41) is 11.3. The number of aryl methyl sites for hydroxylation is 1. The van der Waals surface area contributed by atoms with E-state index in [-0.39, 0.29) is 6.54 Å². The Morgan fingerprint density at radius 1 is 1.38 bits per heavy atom. The number of halogens is 1. The zero-order valence-corrected chi connectivity index (χ0v) is 11.2. The first kappa shape index (κ1) is 13.7. The molecule has 2 aliphatic rings. The highest BCUT2D eigenvalue weighted by molar-refractivity contribution is 6.07. The molecule has 0 spiro atoms. The Morgan fingerprint density at radius 2 is 2.10 bits per heavy atom. The second-order valence-electron chi connectivity index (χ2n) is 5.29. The highest BCUT2D eigenvalue weighted by Gasteiger charge is 2.55. The van der Waals surface area contributed by atoms with Crippen molar-refractivity contribution in [2.45, 2.75) is 31.8 Å². The first-order valence-electron chi connectivity index (χ1n) is 6.47. The van der Waals surface area contributed by atoms with Crippen molar-refractivity contribution in [3.63, 3.8) is 0 Å². The van der Waals surface area contributed by atoms with Crippen LogP contribution < -0.4 is 5.32 Å². The molecule has 1 fully saturated rings. The second kappa shape index (κ2) is 4.36. The summed E-state index contributed by atoms with van der Waals surface area (Å²) in [4.78, 5) is 36.1. The van der Waals surface area contributed by atoms with E-state index in [0.29, 0.717) is 11.1 Å². The molecule has 0 radical (unpaired) electrons. The van der Waals surface area contributed by atoms with E-state index in [1.807, 2.05) is 0 Å². The molecule has 0 aromatic heterocycles. The van der Waals surface area contributed by atoms with Crippen molar-refractivity contribution >= 4 is 17.7 Å². The minimum Gasteiger partial charge on any atom is -0.383 e. The number of hydrogen-bond acceptors (Lipinski definition) is 4. The average molecular weight is 292 g/mol. The number of carbonyl (C=O) groups is 3. The summed E-state index contributed by atoms with van der Waals surface area (Å²) in [7, 11) is 0. The summed E-state index contributed by atoms with van der Waals surface area (Å²) in [5.41, 5.74) is 1.81. The van der Waals surface area contributed by atoms with Crippen LogP contribution in [0.5, 0.6) is 0 Å². The number of nitrogens with zero attached hydrogens (tertiary/aromatic N) is 1. The zero-order valence-electron chi connectivity index (χ0n) is 11.2. The van der Waals surface area contributed by atoms with Gasteiger partial charge in [-0.25, -0.2) is 4.39 Å². The first-order valence-corrected chi connectivity index (χ1v) is 6.47. The summed E-state index contributed by atoms with van der Waals surface area (Å²) in [6.45, 7) is 1.73. The predicted molar refractivity (Wildman–Crippen MR) is 68.7 cm³/mol. The molecule has 7 heteroatoms. The standard InChI is InChI=1S/C14H13FN2O4/c1-7-3-2-4-8-9(7)6-17(12(8)20)14(15)5-10(18)11(19)16-13(14)21/h2-4,10,18H,5-6H2,1H3,(H,16,19,21). The van der Waals surface area contributed by atoms with Crippen molar-refractivity contribution < 1.29 is 23.9 Å². The minimum atomic E-state index is -2.73. The van der Waals surface area contributed by atoms with E-state index in [0.717, 1.165) is 10.5 Å². The van der Waals surface area contributed by atoms with E-state index in [4.69, 9.17) is 0 Å². The maximum absolute atomic E-state index is 15.0. The number of aliphatic hydroxyl groups excluding tert-OH is 1. The van der Waals surface area contributed by atoms with Crippen LogP contribution in [-0.4, -0.2) is 39.6 Å². The minimum absolute atomic E-state index is 0.0638. The summed E-state index contributed by atoms with van der Waals surface area (Å²) in [6.07, 6.45) is -2.42. The Hall–Kier alpha value is -2.28. The second-order valence-corrected chi connectivity index (χ2v) is 5.29. The van der Waals surface area contributed by atoms with E-state index >= 15 is 4.39 Å². The van der Waals surface area contributed by atoms with Gasteiger partial charge in [-0.05, 0) is 24.1 Å². The third-order valence-corrected chi connectivity index (χ3v) is 3.98. The predicted octanol–water partition coefficient (Wildman–Crippen LogP) is 0.0240. The van der Waals surface area contributed by atoms with E-state index in [1.165, 1.54) is 0 Å². The summed E-state index contributed by atoms with van der Waals surface area (Å²) < 4.78 is 15.0. The van der Waals surface area contributed by atoms with Gasteiger partial charge in [-0.3, -0.25) is 24.6 Å². The Kier molecular flexibility index (Phi) is 2.84. The molecule has 1 aromatic rings. The number of fused-ring (bicyclic) bond motifs is 1. The molecule has 2 heterocycles. The maximum Gasteiger partial charge on any atom is 0.285 e. The molecule has 2 atom stereocenters.